The molecule has 0 aliphatic heterocycles. The fourth-order valence-corrected chi connectivity index (χ4v) is 4.22. The van der Waals surface area contributed by atoms with Gasteiger partial charge in [0.05, 0.1) is 16.8 Å². The van der Waals surface area contributed by atoms with Crippen LogP contribution in [0.3, 0.4) is 0 Å². The van der Waals surface area contributed by atoms with Crippen LogP contribution >= 0.6 is 0 Å². The lowest BCUT2D eigenvalue weighted by molar-refractivity contribution is -0.137. The zero-order chi connectivity index (χ0) is 24.9. The predicted molar refractivity (Wildman–Crippen MR) is 125 cm³/mol. The molecule has 0 spiro atoms. The van der Waals surface area contributed by atoms with E-state index in [0.717, 1.165) is 49.8 Å². The summed E-state index contributed by atoms with van der Waals surface area (Å²) >= 11 is 0. The van der Waals surface area contributed by atoms with Crippen LogP contribution in [0.5, 0.6) is 0 Å². The maximum Gasteiger partial charge on any atom is 0.416 e. The summed E-state index contributed by atoms with van der Waals surface area (Å²) in [5.41, 5.74) is 12.2. The Hall–Kier alpha value is -3.56. The Morgan fingerprint density at radius 2 is 1.88 bits per heavy atom. The van der Waals surface area contributed by atoms with Crippen LogP contribution in [0.4, 0.5) is 13.2 Å². The normalized spacial score (nSPS) is 16.5. The van der Waals surface area contributed by atoms with Crippen LogP contribution in [0, 0.1) is 6.92 Å². The standard InChI is InChI=1S/C24H29F3N6O/c1-16(28)10-13-30-22(29)33-14-20(17(2)32-33)21(34)31-15-23(11-4-3-5-12-23)18-6-8-19(9-7-18)24(25,26)27/h6-10,13-14H,1,3-5,11-12,15,28H2,2H3,(H2,29,30)(H,31,34)/b13-10-. The first-order valence-electron chi connectivity index (χ1n) is 11.0. The number of rotatable bonds is 6. The quantitative estimate of drug-likeness (QED) is 0.334. The lowest BCUT2D eigenvalue weighted by Gasteiger charge is -2.38. The Morgan fingerprint density at radius 1 is 1.24 bits per heavy atom. The van der Waals surface area contributed by atoms with Crippen molar-refractivity contribution in [1.29, 1.82) is 0 Å². The third-order valence-corrected chi connectivity index (χ3v) is 6.10. The highest BCUT2D eigenvalue weighted by Gasteiger charge is 2.36. The highest BCUT2D eigenvalue weighted by molar-refractivity contribution is 5.96. The summed E-state index contributed by atoms with van der Waals surface area (Å²) in [6.45, 7) is 5.52. The second-order valence-corrected chi connectivity index (χ2v) is 8.55. The maximum atomic E-state index is 13.0. The average molecular weight is 475 g/mol. The number of aromatic nitrogens is 2. The van der Waals surface area contributed by atoms with Gasteiger partial charge in [-0.1, -0.05) is 38.0 Å². The SMILES string of the molecule is C=C(N)/C=C\N=C(N)n1cc(C(=O)NCC2(c3ccc(C(F)(F)F)cc3)CCCCC2)c(C)n1. The molecule has 0 atom stereocenters. The van der Waals surface area contributed by atoms with Gasteiger partial charge in [-0.05, 0) is 43.5 Å². The van der Waals surface area contributed by atoms with Gasteiger partial charge in [0.1, 0.15) is 0 Å². The molecule has 0 bridgehead atoms. The van der Waals surface area contributed by atoms with Crippen molar-refractivity contribution >= 4 is 11.9 Å². The molecule has 0 saturated heterocycles. The predicted octanol–water partition coefficient (Wildman–Crippen LogP) is 3.99. The molecular weight excluding hydrogens is 445 g/mol. The lowest BCUT2D eigenvalue weighted by atomic mass is 9.69. The zero-order valence-corrected chi connectivity index (χ0v) is 19.0. The second kappa shape index (κ2) is 10.1. The van der Waals surface area contributed by atoms with Crippen molar-refractivity contribution in [3.63, 3.8) is 0 Å². The molecule has 1 heterocycles. The molecule has 3 rings (SSSR count). The number of nitrogens with one attached hydrogen (secondary N) is 1. The topological polar surface area (TPSA) is 111 Å². The van der Waals surface area contributed by atoms with Crippen LogP contribution in [-0.4, -0.2) is 28.2 Å². The largest absolute Gasteiger partial charge is 0.416 e. The third kappa shape index (κ3) is 5.86. The lowest BCUT2D eigenvalue weighted by Crippen LogP contribution is -2.42. The van der Waals surface area contributed by atoms with Crippen LogP contribution in [0.2, 0.25) is 0 Å². The molecule has 1 aromatic carbocycles. The van der Waals surface area contributed by atoms with Crippen molar-refractivity contribution in [2.75, 3.05) is 6.54 Å². The van der Waals surface area contributed by atoms with E-state index in [-0.39, 0.29) is 11.9 Å². The van der Waals surface area contributed by atoms with Crippen LogP contribution in [0.1, 0.15) is 59.3 Å². The van der Waals surface area contributed by atoms with Gasteiger partial charge < -0.3 is 16.8 Å². The fraction of sp³-hybridized carbons (Fsp3) is 0.375. The maximum absolute atomic E-state index is 13.0. The molecule has 2 aromatic rings. The fourth-order valence-electron chi connectivity index (χ4n) is 4.22. The van der Waals surface area contributed by atoms with Crippen molar-refractivity contribution < 1.29 is 18.0 Å². The number of nitrogens with zero attached hydrogens (tertiary/aromatic N) is 3. The number of alkyl halides is 3. The first-order valence-corrected chi connectivity index (χ1v) is 11.0. The summed E-state index contributed by atoms with van der Waals surface area (Å²) in [5, 5.41) is 7.21. The van der Waals surface area contributed by atoms with E-state index in [9.17, 15) is 18.0 Å². The van der Waals surface area contributed by atoms with Gasteiger partial charge in [0.15, 0.2) is 0 Å². The number of hydrogen-bond acceptors (Lipinski definition) is 4. The number of carbonyl (C=O) groups is 1. The third-order valence-electron chi connectivity index (χ3n) is 6.10. The second-order valence-electron chi connectivity index (χ2n) is 8.55. The van der Waals surface area contributed by atoms with Crippen molar-refractivity contribution in [2.45, 2.75) is 50.6 Å². The van der Waals surface area contributed by atoms with Gasteiger partial charge in [0.25, 0.3) is 5.91 Å². The number of aliphatic imine (C=N–C) groups is 1. The van der Waals surface area contributed by atoms with Gasteiger partial charge >= 0.3 is 6.18 Å². The van der Waals surface area contributed by atoms with E-state index in [1.54, 1.807) is 6.92 Å². The monoisotopic (exact) mass is 474 g/mol. The van der Waals surface area contributed by atoms with Crippen LogP contribution < -0.4 is 16.8 Å². The minimum Gasteiger partial charge on any atom is -0.399 e. The molecule has 182 valence electrons. The number of allylic oxidation sites excluding steroid dienone is 1. The summed E-state index contributed by atoms with van der Waals surface area (Å²) in [7, 11) is 0. The molecule has 1 amide bonds. The van der Waals surface area contributed by atoms with Gasteiger partial charge in [-0.15, -0.1) is 0 Å². The molecule has 34 heavy (non-hydrogen) atoms. The molecule has 1 aliphatic carbocycles. The van der Waals surface area contributed by atoms with Gasteiger partial charge in [0, 0.05) is 30.1 Å². The Labute approximate surface area is 196 Å². The molecular formula is C24H29F3N6O. The Bertz CT molecular complexity index is 1090. The summed E-state index contributed by atoms with van der Waals surface area (Å²) in [5.74, 6) is -0.285. The molecule has 1 saturated carbocycles. The minimum atomic E-state index is -4.39. The van der Waals surface area contributed by atoms with E-state index in [1.165, 1.54) is 35.3 Å². The molecule has 1 aromatic heterocycles. The highest BCUT2D eigenvalue weighted by Crippen LogP contribution is 2.40. The van der Waals surface area contributed by atoms with Crippen molar-refractivity contribution in [3.8, 4) is 0 Å². The van der Waals surface area contributed by atoms with E-state index in [2.05, 4.69) is 22.0 Å². The number of aryl methyl sites for hydroxylation is 1. The van der Waals surface area contributed by atoms with E-state index in [0.29, 0.717) is 23.5 Å². The number of hydrogen-bond donors (Lipinski definition) is 3. The molecule has 1 fully saturated rings. The summed E-state index contributed by atoms with van der Waals surface area (Å²) in [6.07, 6.45) is 4.49. The first-order chi connectivity index (χ1) is 16.0. The van der Waals surface area contributed by atoms with Crippen LogP contribution in [0.25, 0.3) is 0 Å². The summed E-state index contributed by atoms with van der Waals surface area (Å²) in [6, 6.07) is 5.28. The summed E-state index contributed by atoms with van der Waals surface area (Å²) in [4.78, 5) is 17.0. The Balaban J connectivity index is 1.77. The van der Waals surface area contributed by atoms with E-state index < -0.39 is 17.2 Å². The van der Waals surface area contributed by atoms with Gasteiger partial charge in [0.2, 0.25) is 5.96 Å². The number of amides is 1. The Morgan fingerprint density at radius 3 is 2.47 bits per heavy atom. The summed E-state index contributed by atoms with van der Waals surface area (Å²) < 4.78 is 40.3. The average Bonchev–Trinajstić information content (AvgIpc) is 3.19. The van der Waals surface area contributed by atoms with E-state index in [4.69, 9.17) is 11.5 Å². The van der Waals surface area contributed by atoms with Crippen LogP contribution in [0.15, 0.2) is 60.0 Å². The molecule has 1 aliphatic rings. The van der Waals surface area contributed by atoms with Crippen molar-refractivity contribution in [2.24, 2.45) is 16.5 Å². The van der Waals surface area contributed by atoms with Crippen molar-refractivity contribution in [3.05, 3.63) is 77.4 Å². The number of carbonyl (C=O) groups excluding carboxylic acids is 1. The number of benzene rings is 1. The van der Waals surface area contributed by atoms with Gasteiger partial charge in [-0.25, -0.2) is 9.67 Å². The smallest absolute Gasteiger partial charge is 0.399 e. The Kier molecular flexibility index (Phi) is 7.48. The van der Waals surface area contributed by atoms with E-state index in [1.807, 2.05) is 0 Å². The molecule has 10 heteroatoms. The highest BCUT2D eigenvalue weighted by atomic mass is 19.4. The molecule has 7 nitrogen and oxygen atoms in total. The van der Waals surface area contributed by atoms with Crippen molar-refractivity contribution in [1.82, 2.24) is 15.1 Å². The molecule has 5 N–H and O–H groups in total. The number of nitrogens with two attached hydrogens (primary N) is 2. The van der Waals surface area contributed by atoms with Gasteiger partial charge in [-0.3, -0.25) is 4.79 Å². The van der Waals surface area contributed by atoms with E-state index >= 15 is 0 Å². The van der Waals surface area contributed by atoms with Crippen LogP contribution in [-0.2, 0) is 11.6 Å². The number of halogens is 3. The zero-order valence-electron chi connectivity index (χ0n) is 19.0. The molecule has 0 radical (unpaired) electrons. The molecule has 0 unspecified atom stereocenters. The minimum absolute atomic E-state index is 0.0492. The first kappa shape index (κ1) is 25.1. The van der Waals surface area contributed by atoms with Gasteiger partial charge in [-0.2, -0.15) is 18.3 Å².